The largest absolute Gasteiger partial charge is 0.370 e. The van der Waals surface area contributed by atoms with Gasteiger partial charge in [0.15, 0.2) is 0 Å². The van der Waals surface area contributed by atoms with Crippen molar-refractivity contribution in [3.8, 4) is 6.07 Å². The quantitative estimate of drug-likeness (QED) is 0.862. The van der Waals surface area contributed by atoms with Crippen LogP contribution in [0.1, 0.15) is 6.42 Å². The lowest BCUT2D eigenvalue weighted by Gasteiger charge is -2.18. The molecule has 4 heteroatoms. The van der Waals surface area contributed by atoms with Gasteiger partial charge in [0.05, 0.1) is 12.6 Å². The molecule has 1 saturated heterocycles. The molecule has 0 amide bonds. The predicted molar refractivity (Wildman–Crippen MR) is 68.4 cm³/mol. The molecule has 1 aromatic carbocycles. The van der Waals surface area contributed by atoms with Gasteiger partial charge in [0, 0.05) is 29.3 Å². The third-order valence-corrected chi connectivity index (χ3v) is 3.38. The molecule has 16 heavy (non-hydrogen) atoms. The molecule has 1 aliphatic heterocycles. The van der Waals surface area contributed by atoms with E-state index in [1.165, 1.54) is 5.69 Å². The highest BCUT2D eigenvalue weighted by molar-refractivity contribution is 9.10. The van der Waals surface area contributed by atoms with Crippen molar-refractivity contribution < 1.29 is 0 Å². The molecule has 84 valence electrons. The maximum Gasteiger partial charge on any atom is 0.0843 e. The van der Waals surface area contributed by atoms with E-state index in [1.54, 1.807) is 0 Å². The first kappa shape index (κ1) is 11.4. The average molecular weight is 280 g/mol. The molecule has 0 saturated carbocycles. The topological polar surface area (TPSA) is 39.1 Å². The Morgan fingerprint density at radius 3 is 2.88 bits per heavy atom. The van der Waals surface area contributed by atoms with E-state index in [0.29, 0.717) is 12.6 Å². The third-order valence-electron chi connectivity index (χ3n) is 2.85. The minimum absolute atomic E-state index is 0.443. The van der Waals surface area contributed by atoms with Crippen LogP contribution in [0.25, 0.3) is 0 Å². The number of nitrogens with one attached hydrogen (secondary N) is 1. The number of hydrogen-bond donors (Lipinski definition) is 1. The average Bonchev–Trinajstić information content (AvgIpc) is 2.76. The summed E-state index contributed by atoms with van der Waals surface area (Å²) < 4.78 is 1.11. The number of halogens is 1. The van der Waals surface area contributed by atoms with Gasteiger partial charge in [0.2, 0.25) is 0 Å². The first-order chi connectivity index (χ1) is 7.79. The molecule has 0 aromatic heterocycles. The smallest absolute Gasteiger partial charge is 0.0843 e. The summed E-state index contributed by atoms with van der Waals surface area (Å²) in [6, 6.07) is 10.9. The standard InChI is InChI=1S/C12H14BrN3/c13-10-1-3-12(4-2-10)16-8-5-11(9-16)15-7-6-14/h1-4,11,15H,5,7-9H2. The lowest BCUT2D eigenvalue weighted by atomic mass is 10.2. The summed E-state index contributed by atoms with van der Waals surface area (Å²) in [5.41, 5.74) is 1.25. The van der Waals surface area contributed by atoms with Crippen molar-refractivity contribution in [1.82, 2.24) is 5.32 Å². The summed E-state index contributed by atoms with van der Waals surface area (Å²) in [4.78, 5) is 2.35. The minimum atomic E-state index is 0.443. The molecule has 1 N–H and O–H groups in total. The maximum atomic E-state index is 8.51. The van der Waals surface area contributed by atoms with E-state index in [4.69, 9.17) is 5.26 Å². The highest BCUT2D eigenvalue weighted by Crippen LogP contribution is 2.22. The molecule has 1 unspecified atom stereocenters. The molecular weight excluding hydrogens is 266 g/mol. The molecule has 0 aliphatic carbocycles. The SMILES string of the molecule is N#CCNC1CCN(c2ccc(Br)cc2)C1. The van der Waals surface area contributed by atoms with Crippen LogP contribution in [0.2, 0.25) is 0 Å². The fourth-order valence-corrected chi connectivity index (χ4v) is 2.27. The summed E-state index contributed by atoms with van der Waals surface area (Å²) in [5, 5.41) is 11.7. The fourth-order valence-electron chi connectivity index (χ4n) is 2.00. The van der Waals surface area contributed by atoms with Crippen LogP contribution in [0.15, 0.2) is 28.7 Å². The zero-order valence-corrected chi connectivity index (χ0v) is 10.6. The zero-order valence-electron chi connectivity index (χ0n) is 8.99. The lowest BCUT2D eigenvalue weighted by molar-refractivity contribution is 0.591. The fraction of sp³-hybridized carbons (Fsp3) is 0.417. The molecule has 0 bridgehead atoms. The van der Waals surface area contributed by atoms with Gasteiger partial charge in [-0.15, -0.1) is 0 Å². The van der Waals surface area contributed by atoms with Gasteiger partial charge in [-0.1, -0.05) is 15.9 Å². The van der Waals surface area contributed by atoms with E-state index in [1.807, 2.05) is 0 Å². The first-order valence-corrected chi connectivity index (χ1v) is 6.20. The van der Waals surface area contributed by atoms with Crippen molar-refractivity contribution in [2.75, 3.05) is 24.5 Å². The van der Waals surface area contributed by atoms with Gasteiger partial charge in [-0.05, 0) is 30.7 Å². The Hall–Kier alpha value is -1.05. The van der Waals surface area contributed by atoms with E-state index in [-0.39, 0.29) is 0 Å². The van der Waals surface area contributed by atoms with Crippen molar-refractivity contribution in [2.24, 2.45) is 0 Å². The van der Waals surface area contributed by atoms with E-state index in [9.17, 15) is 0 Å². The van der Waals surface area contributed by atoms with Crippen molar-refractivity contribution in [3.63, 3.8) is 0 Å². The Kier molecular flexibility index (Phi) is 3.81. The van der Waals surface area contributed by atoms with Gasteiger partial charge in [0.1, 0.15) is 0 Å². The summed E-state index contributed by atoms with van der Waals surface area (Å²) in [6.45, 7) is 2.49. The highest BCUT2D eigenvalue weighted by atomic mass is 79.9. The van der Waals surface area contributed by atoms with Crippen LogP contribution in [0.4, 0.5) is 5.69 Å². The maximum absolute atomic E-state index is 8.51. The van der Waals surface area contributed by atoms with Crippen molar-refractivity contribution >= 4 is 21.6 Å². The number of anilines is 1. The van der Waals surface area contributed by atoms with E-state index >= 15 is 0 Å². The van der Waals surface area contributed by atoms with Gasteiger partial charge < -0.3 is 4.90 Å². The Morgan fingerprint density at radius 2 is 2.19 bits per heavy atom. The number of nitriles is 1. The Morgan fingerprint density at radius 1 is 1.44 bits per heavy atom. The van der Waals surface area contributed by atoms with Gasteiger partial charge in [-0.2, -0.15) is 5.26 Å². The van der Waals surface area contributed by atoms with Crippen LogP contribution in [-0.4, -0.2) is 25.7 Å². The molecular formula is C12H14BrN3. The monoisotopic (exact) mass is 279 g/mol. The first-order valence-electron chi connectivity index (χ1n) is 5.40. The molecule has 1 atom stereocenters. The minimum Gasteiger partial charge on any atom is -0.370 e. The van der Waals surface area contributed by atoms with Gasteiger partial charge in [-0.25, -0.2) is 0 Å². The van der Waals surface area contributed by atoms with E-state index in [2.05, 4.69) is 56.5 Å². The van der Waals surface area contributed by atoms with Crippen LogP contribution in [-0.2, 0) is 0 Å². The van der Waals surface area contributed by atoms with Gasteiger partial charge in [0.25, 0.3) is 0 Å². The Labute approximate surface area is 104 Å². The molecule has 1 aliphatic rings. The molecule has 1 aromatic rings. The predicted octanol–water partition coefficient (Wildman–Crippen LogP) is 2.14. The number of hydrogen-bond acceptors (Lipinski definition) is 3. The number of rotatable bonds is 3. The summed E-state index contributed by atoms with van der Waals surface area (Å²) in [7, 11) is 0. The number of nitrogens with zero attached hydrogens (tertiary/aromatic N) is 2. The molecule has 1 heterocycles. The molecule has 0 radical (unpaired) electrons. The summed E-state index contributed by atoms with van der Waals surface area (Å²) >= 11 is 3.43. The summed E-state index contributed by atoms with van der Waals surface area (Å²) in [5.74, 6) is 0. The summed E-state index contributed by atoms with van der Waals surface area (Å²) in [6.07, 6.45) is 1.11. The van der Waals surface area contributed by atoms with Crippen molar-refractivity contribution in [2.45, 2.75) is 12.5 Å². The molecule has 2 rings (SSSR count). The second kappa shape index (κ2) is 5.33. The highest BCUT2D eigenvalue weighted by Gasteiger charge is 2.21. The second-order valence-electron chi connectivity index (χ2n) is 3.95. The molecule has 3 nitrogen and oxygen atoms in total. The Bertz CT molecular complexity index is 382. The van der Waals surface area contributed by atoms with Crippen LogP contribution < -0.4 is 10.2 Å². The lowest BCUT2D eigenvalue weighted by Crippen LogP contribution is -2.32. The van der Waals surface area contributed by atoms with Crippen LogP contribution in [0.5, 0.6) is 0 Å². The number of benzene rings is 1. The van der Waals surface area contributed by atoms with Crippen LogP contribution in [0.3, 0.4) is 0 Å². The van der Waals surface area contributed by atoms with Crippen LogP contribution >= 0.6 is 15.9 Å². The van der Waals surface area contributed by atoms with Crippen LogP contribution in [0, 0.1) is 11.3 Å². The Balaban J connectivity index is 1.93. The zero-order chi connectivity index (χ0) is 11.4. The molecule has 0 spiro atoms. The van der Waals surface area contributed by atoms with E-state index in [0.717, 1.165) is 24.0 Å². The molecule has 1 fully saturated rings. The van der Waals surface area contributed by atoms with Gasteiger partial charge in [-0.3, -0.25) is 5.32 Å². The van der Waals surface area contributed by atoms with Gasteiger partial charge >= 0.3 is 0 Å². The van der Waals surface area contributed by atoms with E-state index < -0.39 is 0 Å². The normalized spacial score (nSPS) is 19.8. The second-order valence-corrected chi connectivity index (χ2v) is 4.86. The van der Waals surface area contributed by atoms with Crippen molar-refractivity contribution in [3.05, 3.63) is 28.7 Å². The van der Waals surface area contributed by atoms with Crippen molar-refractivity contribution in [1.29, 1.82) is 5.26 Å². The third kappa shape index (κ3) is 2.75.